The fraction of sp³-hybridized carbons (Fsp3) is 0.182. The first kappa shape index (κ1) is 10.9. The van der Waals surface area contributed by atoms with Gasteiger partial charge in [0.15, 0.2) is 5.65 Å². The molecule has 1 aromatic carbocycles. The number of aromatic nitrogens is 4. The summed E-state index contributed by atoms with van der Waals surface area (Å²) in [5.74, 6) is 0. The molecule has 2 aromatic heterocycles. The highest BCUT2D eigenvalue weighted by Gasteiger charge is 2.12. The van der Waals surface area contributed by atoms with Crippen molar-refractivity contribution in [3.8, 4) is 0 Å². The highest BCUT2D eigenvalue weighted by Crippen LogP contribution is 2.28. The summed E-state index contributed by atoms with van der Waals surface area (Å²) in [7, 11) is 0. The summed E-state index contributed by atoms with van der Waals surface area (Å²) in [4.78, 5) is 4.36. The van der Waals surface area contributed by atoms with Crippen LogP contribution in [-0.4, -0.2) is 19.7 Å². The molecule has 0 unspecified atom stereocenters. The first-order chi connectivity index (χ1) is 8.20. The quantitative estimate of drug-likeness (QED) is 0.701. The molecule has 0 atom stereocenters. The number of hydrogen-bond acceptors (Lipinski definition) is 3. The van der Waals surface area contributed by atoms with Gasteiger partial charge in [-0.15, -0.1) is 0 Å². The molecule has 4 nitrogen and oxygen atoms in total. The van der Waals surface area contributed by atoms with E-state index in [0.717, 1.165) is 33.1 Å². The second-order valence-electron chi connectivity index (χ2n) is 3.72. The fourth-order valence-corrected chi connectivity index (χ4v) is 2.56. The van der Waals surface area contributed by atoms with Crippen LogP contribution in [0.4, 0.5) is 0 Å². The SMILES string of the molecule is CCn1c2ccc(Br)cc2c2n[nH]c(=S)nc21. The van der Waals surface area contributed by atoms with Gasteiger partial charge in [-0.05, 0) is 37.3 Å². The van der Waals surface area contributed by atoms with Crippen LogP contribution in [0.25, 0.3) is 22.1 Å². The Labute approximate surface area is 111 Å². The van der Waals surface area contributed by atoms with E-state index in [9.17, 15) is 0 Å². The molecule has 0 aliphatic heterocycles. The summed E-state index contributed by atoms with van der Waals surface area (Å²) >= 11 is 8.50. The molecule has 0 amide bonds. The second kappa shape index (κ2) is 3.89. The Bertz CT molecular complexity index is 774. The standard InChI is InChI=1S/C11H9BrN4S/c1-2-16-8-4-3-6(12)5-7(8)9-10(16)13-11(17)15-14-9/h3-5H,2H2,1H3,(H,13,15,17). The molecule has 86 valence electrons. The number of aromatic amines is 1. The first-order valence-electron chi connectivity index (χ1n) is 5.25. The zero-order chi connectivity index (χ0) is 12.0. The Hall–Kier alpha value is -1.27. The van der Waals surface area contributed by atoms with Gasteiger partial charge in [0.1, 0.15) is 5.52 Å². The van der Waals surface area contributed by atoms with E-state index in [-0.39, 0.29) is 0 Å². The van der Waals surface area contributed by atoms with Crippen molar-refractivity contribution in [2.75, 3.05) is 0 Å². The van der Waals surface area contributed by atoms with Crippen LogP contribution in [-0.2, 0) is 6.54 Å². The average molecular weight is 309 g/mol. The molecule has 2 heterocycles. The molecule has 0 spiro atoms. The number of halogens is 1. The summed E-state index contributed by atoms with van der Waals surface area (Å²) in [6, 6.07) is 6.14. The van der Waals surface area contributed by atoms with Gasteiger partial charge < -0.3 is 4.57 Å². The lowest BCUT2D eigenvalue weighted by Gasteiger charge is -2.00. The molecular weight excluding hydrogens is 300 g/mol. The normalized spacial score (nSPS) is 11.4. The molecule has 6 heteroatoms. The van der Waals surface area contributed by atoms with Crippen molar-refractivity contribution in [3.05, 3.63) is 27.4 Å². The Balaban J connectivity index is 2.61. The second-order valence-corrected chi connectivity index (χ2v) is 5.02. The molecule has 0 saturated carbocycles. The predicted octanol–water partition coefficient (Wildman–Crippen LogP) is 3.42. The van der Waals surface area contributed by atoms with Crippen LogP contribution in [0.5, 0.6) is 0 Å². The van der Waals surface area contributed by atoms with Crippen LogP contribution in [0.1, 0.15) is 6.92 Å². The molecule has 3 rings (SSSR count). The van der Waals surface area contributed by atoms with Crippen LogP contribution in [0.2, 0.25) is 0 Å². The number of H-pyrrole nitrogens is 1. The molecule has 0 aliphatic carbocycles. The van der Waals surface area contributed by atoms with Crippen molar-refractivity contribution in [2.24, 2.45) is 0 Å². The summed E-state index contributed by atoms with van der Waals surface area (Å²) in [5.41, 5.74) is 2.82. The molecule has 17 heavy (non-hydrogen) atoms. The smallest absolute Gasteiger partial charge is 0.215 e. The summed E-state index contributed by atoms with van der Waals surface area (Å²) in [6.07, 6.45) is 0. The summed E-state index contributed by atoms with van der Waals surface area (Å²) in [5, 5.41) is 8.11. The van der Waals surface area contributed by atoms with Gasteiger partial charge in [-0.2, -0.15) is 10.1 Å². The van der Waals surface area contributed by atoms with Gasteiger partial charge in [-0.1, -0.05) is 15.9 Å². The Kier molecular flexibility index (Phi) is 2.48. The van der Waals surface area contributed by atoms with E-state index in [0.29, 0.717) is 4.77 Å². The van der Waals surface area contributed by atoms with Gasteiger partial charge in [0.05, 0.1) is 5.52 Å². The lowest BCUT2D eigenvalue weighted by atomic mass is 10.2. The lowest BCUT2D eigenvalue weighted by Crippen LogP contribution is -1.96. The number of fused-ring (bicyclic) bond motifs is 3. The topological polar surface area (TPSA) is 46.5 Å². The van der Waals surface area contributed by atoms with E-state index in [4.69, 9.17) is 12.2 Å². The van der Waals surface area contributed by atoms with Gasteiger partial charge >= 0.3 is 0 Å². The van der Waals surface area contributed by atoms with Crippen LogP contribution < -0.4 is 0 Å². The minimum absolute atomic E-state index is 0.411. The van der Waals surface area contributed by atoms with Crippen molar-refractivity contribution in [1.29, 1.82) is 0 Å². The van der Waals surface area contributed by atoms with E-state index in [1.165, 1.54) is 0 Å². The zero-order valence-electron chi connectivity index (χ0n) is 9.07. The fourth-order valence-electron chi connectivity index (χ4n) is 2.06. The number of hydrogen-bond donors (Lipinski definition) is 1. The van der Waals surface area contributed by atoms with Gasteiger partial charge in [-0.25, -0.2) is 0 Å². The minimum atomic E-state index is 0.411. The van der Waals surface area contributed by atoms with Crippen LogP contribution in [0.15, 0.2) is 22.7 Å². The van der Waals surface area contributed by atoms with E-state index < -0.39 is 0 Å². The molecular formula is C11H9BrN4S. The predicted molar refractivity (Wildman–Crippen MR) is 73.6 cm³/mol. The highest BCUT2D eigenvalue weighted by atomic mass is 79.9. The van der Waals surface area contributed by atoms with Gasteiger partial charge in [0.2, 0.25) is 4.77 Å². The van der Waals surface area contributed by atoms with E-state index in [1.807, 2.05) is 6.07 Å². The van der Waals surface area contributed by atoms with E-state index >= 15 is 0 Å². The average Bonchev–Trinajstić information content (AvgIpc) is 2.61. The maximum Gasteiger partial charge on any atom is 0.215 e. The van der Waals surface area contributed by atoms with Crippen LogP contribution in [0.3, 0.4) is 0 Å². The molecule has 0 radical (unpaired) electrons. The molecule has 0 saturated heterocycles. The van der Waals surface area contributed by atoms with Gasteiger partial charge in [0, 0.05) is 16.4 Å². The molecule has 0 aliphatic rings. The van der Waals surface area contributed by atoms with Crippen molar-refractivity contribution in [2.45, 2.75) is 13.5 Å². The highest BCUT2D eigenvalue weighted by molar-refractivity contribution is 9.10. The number of rotatable bonds is 1. The van der Waals surface area contributed by atoms with Gasteiger partial charge in [-0.3, -0.25) is 5.10 Å². The van der Waals surface area contributed by atoms with Gasteiger partial charge in [0.25, 0.3) is 0 Å². The molecule has 0 bridgehead atoms. The zero-order valence-corrected chi connectivity index (χ0v) is 11.5. The van der Waals surface area contributed by atoms with E-state index in [1.54, 1.807) is 0 Å². The number of nitrogens with zero attached hydrogens (tertiary/aromatic N) is 3. The van der Waals surface area contributed by atoms with E-state index in [2.05, 4.69) is 54.7 Å². The molecule has 0 fully saturated rings. The maximum absolute atomic E-state index is 5.03. The Morgan fingerprint density at radius 2 is 2.29 bits per heavy atom. The number of benzene rings is 1. The third-order valence-corrected chi connectivity index (χ3v) is 3.43. The summed E-state index contributed by atoms with van der Waals surface area (Å²) in [6.45, 7) is 2.93. The number of nitrogens with one attached hydrogen (secondary N) is 1. The Morgan fingerprint density at radius 1 is 1.47 bits per heavy atom. The third-order valence-electron chi connectivity index (χ3n) is 2.76. The monoisotopic (exact) mass is 308 g/mol. The summed E-state index contributed by atoms with van der Waals surface area (Å²) < 4.78 is 3.56. The lowest BCUT2D eigenvalue weighted by molar-refractivity contribution is 0.808. The van der Waals surface area contributed by atoms with Crippen molar-refractivity contribution in [3.63, 3.8) is 0 Å². The third kappa shape index (κ3) is 1.59. The van der Waals surface area contributed by atoms with Crippen LogP contribution >= 0.6 is 28.1 Å². The minimum Gasteiger partial charge on any atom is -0.324 e. The first-order valence-corrected chi connectivity index (χ1v) is 6.45. The van der Waals surface area contributed by atoms with Crippen LogP contribution in [0, 0.1) is 4.77 Å². The molecule has 1 N–H and O–H groups in total. The Morgan fingerprint density at radius 3 is 3.06 bits per heavy atom. The molecule has 3 aromatic rings. The van der Waals surface area contributed by atoms with Crippen molar-refractivity contribution < 1.29 is 0 Å². The van der Waals surface area contributed by atoms with Crippen molar-refractivity contribution >= 4 is 50.2 Å². The maximum atomic E-state index is 5.03. The number of aryl methyl sites for hydroxylation is 1. The largest absolute Gasteiger partial charge is 0.324 e. The van der Waals surface area contributed by atoms with Crippen molar-refractivity contribution in [1.82, 2.24) is 19.7 Å².